The van der Waals surface area contributed by atoms with Crippen LogP contribution in [0.15, 0.2) is 36.4 Å². The van der Waals surface area contributed by atoms with Gasteiger partial charge in [0.1, 0.15) is 11.4 Å². The van der Waals surface area contributed by atoms with Crippen LogP contribution in [-0.2, 0) is 15.7 Å². The molecule has 218 valence electrons. The Bertz CT molecular complexity index is 1170. The van der Waals surface area contributed by atoms with Gasteiger partial charge in [0, 0.05) is 37.5 Å². The summed E-state index contributed by atoms with van der Waals surface area (Å²) in [5.74, 6) is 0.252. The average Bonchev–Trinajstić information content (AvgIpc) is 3.41. The lowest BCUT2D eigenvalue weighted by Crippen LogP contribution is -2.49. The number of ether oxygens (including phenoxy) is 4. The van der Waals surface area contributed by atoms with Crippen molar-refractivity contribution in [3.8, 4) is 17.2 Å². The highest BCUT2D eigenvalue weighted by Crippen LogP contribution is 2.45. The molecule has 2 unspecified atom stereocenters. The van der Waals surface area contributed by atoms with Crippen LogP contribution < -0.4 is 19.5 Å². The second-order valence-electron chi connectivity index (χ2n) is 9.19. The lowest BCUT2D eigenvalue weighted by atomic mass is 10.1. The number of alkyl halides is 3. The van der Waals surface area contributed by atoms with Gasteiger partial charge in [-0.05, 0) is 29.8 Å². The van der Waals surface area contributed by atoms with Gasteiger partial charge in [0.25, 0.3) is 5.91 Å². The highest BCUT2D eigenvalue weighted by Gasteiger charge is 2.43. The maximum atomic E-state index is 14.0. The van der Waals surface area contributed by atoms with Crippen LogP contribution in [-0.4, -0.2) is 94.1 Å². The Morgan fingerprint density at radius 2 is 1.65 bits per heavy atom. The van der Waals surface area contributed by atoms with E-state index in [0.717, 1.165) is 25.2 Å². The number of nitrogens with zero attached hydrogens (tertiary/aromatic N) is 2. The molecule has 2 aromatic carbocycles. The molecule has 2 fully saturated rings. The molecule has 0 bridgehead atoms. The quantitative estimate of drug-likeness (QED) is 0.481. The fourth-order valence-corrected chi connectivity index (χ4v) is 6.11. The lowest BCUT2D eigenvalue weighted by molar-refractivity contribution is -0.137. The minimum Gasteiger partial charge on any atom is -0.493 e. The van der Waals surface area contributed by atoms with E-state index in [1.54, 1.807) is 0 Å². The van der Waals surface area contributed by atoms with Gasteiger partial charge in [0.15, 0.2) is 11.5 Å². The molecule has 4 rings (SSSR count). The zero-order valence-corrected chi connectivity index (χ0v) is 23.3. The fourth-order valence-electron chi connectivity index (χ4n) is 4.68. The van der Waals surface area contributed by atoms with Crippen molar-refractivity contribution in [3.63, 3.8) is 0 Å². The standard InChI is InChI=1S/C27H32F3N3O6S/c1-36-21-14-18(15-22(37-2)23(21)38-3)25(35)33-20(24(34)31-8-9-32-10-12-39-13-11-32)16-40-26(33)17-4-6-19(7-5-17)27(28,29)30/h4-7,14-15,20,26H,8-13,16H2,1-3H3,(H,31,34). The predicted octanol–water partition coefficient (Wildman–Crippen LogP) is 3.44. The van der Waals surface area contributed by atoms with Gasteiger partial charge < -0.3 is 29.2 Å². The predicted molar refractivity (Wildman–Crippen MR) is 143 cm³/mol. The van der Waals surface area contributed by atoms with Crippen molar-refractivity contribution in [2.75, 3.05) is 66.5 Å². The Balaban J connectivity index is 1.62. The first-order chi connectivity index (χ1) is 19.2. The Morgan fingerprint density at radius 3 is 2.20 bits per heavy atom. The van der Waals surface area contributed by atoms with Gasteiger partial charge in [-0.15, -0.1) is 11.8 Å². The fraction of sp³-hybridized carbons (Fsp3) is 0.481. The number of carbonyl (C=O) groups excluding carboxylic acids is 2. The molecule has 2 atom stereocenters. The summed E-state index contributed by atoms with van der Waals surface area (Å²) in [6, 6.07) is 6.77. The number of benzene rings is 2. The van der Waals surface area contributed by atoms with Crippen LogP contribution in [0.2, 0.25) is 0 Å². The van der Waals surface area contributed by atoms with Gasteiger partial charge in [-0.3, -0.25) is 14.5 Å². The number of thioether (sulfide) groups is 1. The van der Waals surface area contributed by atoms with E-state index in [-0.39, 0.29) is 28.7 Å². The Kier molecular flexibility index (Phi) is 9.69. The summed E-state index contributed by atoms with van der Waals surface area (Å²) in [6.07, 6.45) is -4.49. The van der Waals surface area contributed by atoms with Gasteiger partial charge >= 0.3 is 6.18 Å². The minimum atomic E-state index is -4.49. The van der Waals surface area contributed by atoms with Crippen molar-refractivity contribution >= 4 is 23.6 Å². The molecule has 13 heteroatoms. The molecule has 0 saturated carbocycles. The third-order valence-electron chi connectivity index (χ3n) is 6.80. The van der Waals surface area contributed by atoms with E-state index in [9.17, 15) is 22.8 Å². The SMILES string of the molecule is COc1cc(C(=O)N2C(C(=O)NCCN3CCOCC3)CSC2c2ccc(C(F)(F)F)cc2)cc(OC)c1OC. The highest BCUT2D eigenvalue weighted by atomic mass is 32.2. The Hall–Kier alpha value is -3.16. The summed E-state index contributed by atoms with van der Waals surface area (Å²) >= 11 is 1.31. The van der Waals surface area contributed by atoms with Crippen LogP contribution >= 0.6 is 11.8 Å². The van der Waals surface area contributed by atoms with Crippen molar-refractivity contribution in [3.05, 3.63) is 53.1 Å². The van der Waals surface area contributed by atoms with E-state index >= 15 is 0 Å². The van der Waals surface area contributed by atoms with Gasteiger partial charge in [0.2, 0.25) is 11.7 Å². The van der Waals surface area contributed by atoms with Crippen LogP contribution in [0, 0.1) is 0 Å². The van der Waals surface area contributed by atoms with Crippen molar-refractivity contribution in [1.82, 2.24) is 15.1 Å². The van der Waals surface area contributed by atoms with E-state index in [2.05, 4.69) is 10.2 Å². The van der Waals surface area contributed by atoms with E-state index in [1.165, 1.54) is 62.3 Å². The summed E-state index contributed by atoms with van der Waals surface area (Å²) in [4.78, 5) is 31.0. The number of rotatable bonds is 9. The van der Waals surface area contributed by atoms with Crippen molar-refractivity contribution in [2.24, 2.45) is 0 Å². The third-order valence-corrected chi connectivity index (χ3v) is 8.13. The van der Waals surface area contributed by atoms with E-state index in [1.807, 2.05) is 0 Å². The number of hydrogen-bond donors (Lipinski definition) is 1. The van der Waals surface area contributed by atoms with Crippen molar-refractivity contribution in [1.29, 1.82) is 0 Å². The largest absolute Gasteiger partial charge is 0.493 e. The summed E-state index contributed by atoms with van der Waals surface area (Å²) in [5, 5.41) is 2.23. The summed E-state index contributed by atoms with van der Waals surface area (Å²) < 4.78 is 61.0. The number of carbonyl (C=O) groups is 2. The maximum Gasteiger partial charge on any atom is 0.416 e. The Morgan fingerprint density at radius 1 is 1.02 bits per heavy atom. The van der Waals surface area contributed by atoms with Crippen LogP contribution in [0.5, 0.6) is 17.2 Å². The molecule has 0 aliphatic carbocycles. The molecule has 0 spiro atoms. The molecule has 2 aliphatic heterocycles. The monoisotopic (exact) mass is 583 g/mol. The topological polar surface area (TPSA) is 89.6 Å². The van der Waals surface area contributed by atoms with Gasteiger partial charge in [-0.25, -0.2) is 0 Å². The third kappa shape index (κ3) is 6.58. The molecular weight excluding hydrogens is 551 g/mol. The van der Waals surface area contributed by atoms with Crippen molar-refractivity contribution in [2.45, 2.75) is 17.6 Å². The van der Waals surface area contributed by atoms with Gasteiger partial charge in [0.05, 0.1) is 40.1 Å². The summed E-state index contributed by atoms with van der Waals surface area (Å²) in [5.41, 5.74) is -0.137. The first kappa shape index (κ1) is 29.8. The lowest BCUT2D eigenvalue weighted by Gasteiger charge is -2.30. The number of nitrogens with one attached hydrogen (secondary N) is 1. The zero-order chi connectivity index (χ0) is 28.9. The average molecular weight is 584 g/mol. The molecule has 9 nitrogen and oxygen atoms in total. The minimum absolute atomic E-state index is 0.181. The molecule has 2 heterocycles. The highest BCUT2D eigenvalue weighted by molar-refractivity contribution is 7.99. The Labute approximate surface area is 234 Å². The molecule has 1 N–H and O–H groups in total. The first-order valence-electron chi connectivity index (χ1n) is 12.7. The second-order valence-corrected chi connectivity index (χ2v) is 10.3. The molecule has 40 heavy (non-hydrogen) atoms. The van der Waals surface area contributed by atoms with E-state index < -0.39 is 29.1 Å². The van der Waals surface area contributed by atoms with Crippen LogP contribution in [0.3, 0.4) is 0 Å². The smallest absolute Gasteiger partial charge is 0.416 e. The number of halogens is 3. The molecule has 0 radical (unpaired) electrons. The molecule has 2 aliphatic rings. The molecule has 0 aromatic heterocycles. The molecule has 2 aromatic rings. The van der Waals surface area contributed by atoms with Gasteiger partial charge in [-0.1, -0.05) is 12.1 Å². The number of morpholine rings is 1. The first-order valence-corrected chi connectivity index (χ1v) is 13.7. The normalized spacial score (nSPS) is 19.8. The molecule has 2 amide bonds. The molecule has 2 saturated heterocycles. The maximum absolute atomic E-state index is 14.0. The second kappa shape index (κ2) is 13.0. The van der Waals surface area contributed by atoms with E-state index in [0.29, 0.717) is 37.6 Å². The van der Waals surface area contributed by atoms with Crippen LogP contribution in [0.1, 0.15) is 26.9 Å². The number of hydrogen-bond acceptors (Lipinski definition) is 8. The number of amides is 2. The van der Waals surface area contributed by atoms with Gasteiger partial charge in [-0.2, -0.15) is 13.2 Å². The van der Waals surface area contributed by atoms with Crippen LogP contribution in [0.25, 0.3) is 0 Å². The van der Waals surface area contributed by atoms with Crippen LogP contribution in [0.4, 0.5) is 13.2 Å². The van der Waals surface area contributed by atoms with E-state index in [4.69, 9.17) is 18.9 Å². The summed E-state index contributed by atoms with van der Waals surface area (Å²) in [7, 11) is 4.29. The van der Waals surface area contributed by atoms with Crippen molar-refractivity contribution < 1.29 is 41.7 Å². The number of methoxy groups -OCH3 is 3. The summed E-state index contributed by atoms with van der Waals surface area (Å²) in [6.45, 7) is 3.85. The zero-order valence-electron chi connectivity index (χ0n) is 22.5. The molecular formula is C27H32F3N3O6S.